The zero-order valence-corrected chi connectivity index (χ0v) is 18.0. The van der Waals surface area contributed by atoms with Gasteiger partial charge >= 0.3 is 6.09 Å². The molecular formula is C25H27N5O2. The van der Waals surface area contributed by atoms with Crippen LogP contribution in [-0.2, 0) is 11.2 Å². The highest BCUT2D eigenvalue weighted by Gasteiger charge is 2.39. The summed E-state index contributed by atoms with van der Waals surface area (Å²) in [7, 11) is 0. The molecule has 0 aliphatic carbocycles. The number of fused-ring (bicyclic) bond motifs is 4. The fraction of sp³-hybridized carbons (Fsp3) is 0.400. The van der Waals surface area contributed by atoms with E-state index in [0.717, 1.165) is 50.1 Å². The van der Waals surface area contributed by atoms with E-state index in [-0.39, 0.29) is 18.2 Å². The van der Waals surface area contributed by atoms with Gasteiger partial charge in [0.05, 0.1) is 6.04 Å². The first-order chi connectivity index (χ1) is 15.8. The van der Waals surface area contributed by atoms with Crippen molar-refractivity contribution in [2.45, 2.75) is 31.4 Å². The molecule has 2 atom stereocenters. The predicted molar refractivity (Wildman–Crippen MR) is 119 cm³/mol. The predicted octanol–water partition coefficient (Wildman–Crippen LogP) is 3.45. The summed E-state index contributed by atoms with van der Waals surface area (Å²) in [6, 6.07) is 16.6. The number of ether oxygens (including phenoxy) is 1. The summed E-state index contributed by atoms with van der Waals surface area (Å²) in [5.74, 6) is 0.502. The van der Waals surface area contributed by atoms with Crippen molar-refractivity contribution in [3.05, 3.63) is 77.9 Å². The van der Waals surface area contributed by atoms with Crippen molar-refractivity contribution in [3.63, 3.8) is 0 Å². The second-order valence-electron chi connectivity index (χ2n) is 9.07. The van der Waals surface area contributed by atoms with Gasteiger partial charge in [0, 0.05) is 18.8 Å². The number of amides is 1. The van der Waals surface area contributed by atoms with Gasteiger partial charge < -0.3 is 4.74 Å². The summed E-state index contributed by atoms with van der Waals surface area (Å²) < 4.78 is 8.01. The number of carbonyl (C=O) groups excluding carboxylic acids is 1. The van der Waals surface area contributed by atoms with Gasteiger partial charge in [0.2, 0.25) is 0 Å². The Kier molecular flexibility index (Phi) is 4.91. The summed E-state index contributed by atoms with van der Waals surface area (Å²) >= 11 is 0. The van der Waals surface area contributed by atoms with Crippen molar-refractivity contribution in [2.24, 2.45) is 5.92 Å². The maximum Gasteiger partial charge on any atom is 0.410 e. The number of piperidine rings is 3. The van der Waals surface area contributed by atoms with Crippen LogP contribution in [0.3, 0.4) is 0 Å². The van der Waals surface area contributed by atoms with E-state index in [9.17, 15) is 4.79 Å². The normalized spacial score (nSPS) is 26.6. The van der Waals surface area contributed by atoms with E-state index in [1.807, 2.05) is 21.6 Å². The molecule has 7 nitrogen and oxygen atoms in total. The molecule has 3 aromatic rings. The van der Waals surface area contributed by atoms with Crippen LogP contribution in [0.25, 0.3) is 5.69 Å². The number of aromatic nitrogens is 3. The van der Waals surface area contributed by atoms with Gasteiger partial charge in [-0.1, -0.05) is 36.4 Å². The van der Waals surface area contributed by atoms with Crippen LogP contribution < -0.4 is 0 Å². The Morgan fingerprint density at radius 2 is 1.69 bits per heavy atom. The van der Waals surface area contributed by atoms with Gasteiger partial charge in [0.1, 0.15) is 18.8 Å². The van der Waals surface area contributed by atoms with Crippen LogP contribution in [-0.4, -0.2) is 62.9 Å². The highest BCUT2D eigenvalue weighted by Crippen LogP contribution is 2.37. The van der Waals surface area contributed by atoms with E-state index in [2.05, 4.69) is 51.5 Å². The van der Waals surface area contributed by atoms with E-state index in [4.69, 9.17) is 4.74 Å². The Morgan fingerprint density at radius 3 is 2.41 bits per heavy atom. The molecule has 1 aromatic heterocycles. The summed E-state index contributed by atoms with van der Waals surface area (Å²) in [5.41, 5.74) is 4.55. The van der Waals surface area contributed by atoms with Crippen molar-refractivity contribution < 1.29 is 9.53 Å². The van der Waals surface area contributed by atoms with Crippen molar-refractivity contribution in [1.82, 2.24) is 24.6 Å². The third-order valence-corrected chi connectivity index (χ3v) is 7.29. The fourth-order valence-corrected chi connectivity index (χ4v) is 5.53. The van der Waals surface area contributed by atoms with Crippen molar-refractivity contribution in [3.8, 4) is 5.69 Å². The molecule has 0 spiro atoms. The molecule has 2 bridgehead atoms. The zero-order valence-electron chi connectivity index (χ0n) is 18.0. The maximum absolute atomic E-state index is 13.5. The highest BCUT2D eigenvalue weighted by atomic mass is 16.6. The largest absolute Gasteiger partial charge is 0.444 e. The second kappa shape index (κ2) is 8.06. The summed E-state index contributed by atoms with van der Waals surface area (Å²) in [6.07, 6.45) is 6.31. The van der Waals surface area contributed by atoms with E-state index in [1.165, 1.54) is 11.1 Å². The van der Waals surface area contributed by atoms with Crippen LogP contribution in [0.4, 0.5) is 4.79 Å². The van der Waals surface area contributed by atoms with E-state index >= 15 is 0 Å². The van der Waals surface area contributed by atoms with E-state index < -0.39 is 0 Å². The molecule has 32 heavy (non-hydrogen) atoms. The van der Waals surface area contributed by atoms with Crippen molar-refractivity contribution in [2.75, 3.05) is 26.2 Å². The van der Waals surface area contributed by atoms with Crippen molar-refractivity contribution >= 4 is 6.09 Å². The minimum atomic E-state index is -0.189. The lowest BCUT2D eigenvalue weighted by atomic mass is 9.86. The first-order valence-electron chi connectivity index (χ1n) is 11.5. The van der Waals surface area contributed by atoms with Crippen LogP contribution in [0.1, 0.15) is 35.6 Å². The smallest absolute Gasteiger partial charge is 0.410 e. The number of nitrogens with zero attached hydrogens (tertiary/aromatic N) is 5. The molecule has 3 saturated heterocycles. The number of benzene rings is 2. The average molecular weight is 430 g/mol. The fourth-order valence-electron chi connectivity index (χ4n) is 5.53. The van der Waals surface area contributed by atoms with E-state index in [0.29, 0.717) is 12.5 Å². The van der Waals surface area contributed by atoms with Gasteiger partial charge in [-0.2, -0.15) is 0 Å². The number of hydrogen-bond acceptors (Lipinski definition) is 5. The first kappa shape index (κ1) is 19.5. The van der Waals surface area contributed by atoms with Crippen LogP contribution in [0.2, 0.25) is 0 Å². The lowest BCUT2D eigenvalue weighted by Crippen LogP contribution is -2.53. The van der Waals surface area contributed by atoms with Crippen molar-refractivity contribution in [1.29, 1.82) is 0 Å². The van der Waals surface area contributed by atoms with Gasteiger partial charge in [-0.05, 0) is 67.1 Å². The van der Waals surface area contributed by atoms with Gasteiger partial charge in [0.25, 0.3) is 0 Å². The minimum Gasteiger partial charge on any atom is -0.444 e. The molecule has 164 valence electrons. The molecule has 4 aliphatic heterocycles. The Hall–Kier alpha value is -3.19. The van der Waals surface area contributed by atoms with Crippen LogP contribution >= 0.6 is 0 Å². The molecule has 1 amide bonds. The standard InChI is InChI=1S/C25H27N5O2/c31-25(32-23-15-28-12-9-19(23)10-13-28)30-14-11-18-3-1-2-4-22(18)24(30)20-5-7-21(8-6-20)29-16-26-27-17-29/h1-8,16-17,19,23-24H,9-15H2/t23-,24+/m1/s1. The highest BCUT2D eigenvalue weighted by molar-refractivity contribution is 5.70. The lowest BCUT2D eigenvalue weighted by molar-refractivity contribution is -0.0462. The zero-order chi connectivity index (χ0) is 21.5. The molecule has 4 aliphatic rings. The van der Waals surface area contributed by atoms with Crippen LogP contribution in [0, 0.1) is 5.92 Å². The second-order valence-corrected chi connectivity index (χ2v) is 9.07. The van der Waals surface area contributed by atoms with Gasteiger partial charge in [-0.15, -0.1) is 10.2 Å². The molecular weight excluding hydrogens is 402 g/mol. The number of hydrogen-bond donors (Lipinski definition) is 0. The first-order valence-corrected chi connectivity index (χ1v) is 11.5. The number of carbonyl (C=O) groups is 1. The molecule has 0 saturated carbocycles. The third kappa shape index (κ3) is 3.46. The summed E-state index contributed by atoms with van der Waals surface area (Å²) in [4.78, 5) is 17.8. The maximum atomic E-state index is 13.5. The molecule has 7 heteroatoms. The van der Waals surface area contributed by atoms with Gasteiger partial charge in [0.15, 0.2) is 0 Å². The monoisotopic (exact) mass is 429 g/mol. The summed E-state index contributed by atoms with van der Waals surface area (Å²) in [5, 5.41) is 7.78. The Bertz CT molecular complexity index is 1090. The topological polar surface area (TPSA) is 63.5 Å². The SMILES string of the molecule is O=C(O[C@@H]1CN2CCC1CC2)N1CCc2ccccc2[C@@H]1c1ccc(-n2cnnc2)cc1. The van der Waals surface area contributed by atoms with Gasteiger partial charge in [-0.3, -0.25) is 14.4 Å². The van der Waals surface area contributed by atoms with Crippen LogP contribution in [0.5, 0.6) is 0 Å². The molecule has 5 heterocycles. The van der Waals surface area contributed by atoms with Crippen LogP contribution in [0.15, 0.2) is 61.2 Å². The molecule has 0 radical (unpaired) electrons. The molecule has 0 N–H and O–H groups in total. The Morgan fingerprint density at radius 1 is 0.938 bits per heavy atom. The Balaban J connectivity index is 1.30. The quantitative estimate of drug-likeness (QED) is 0.638. The number of rotatable bonds is 3. The molecule has 2 aromatic carbocycles. The summed E-state index contributed by atoms with van der Waals surface area (Å²) in [6.45, 7) is 3.81. The Labute approximate surface area is 187 Å². The van der Waals surface area contributed by atoms with E-state index in [1.54, 1.807) is 12.7 Å². The lowest BCUT2D eigenvalue weighted by Gasteiger charge is -2.45. The minimum absolute atomic E-state index is 0.0129. The third-order valence-electron chi connectivity index (χ3n) is 7.29. The molecule has 7 rings (SSSR count). The van der Waals surface area contributed by atoms with Gasteiger partial charge in [-0.25, -0.2) is 4.79 Å². The average Bonchev–Trinajstić information content (AvgIpc) is 3.39. The molecule has 3 fully saturated rings. The molecule has 0 unspecified atom stereocenters.